The molecule has 9 nitrogen and oxygen atoms in total. The molecule has 3 fully saturated rings. The maximum Gasteiger partial charge on any atom is 0.410 e. The first-order chi connectivity index (χ1) is 17.2. The van der Waals surface area contributed by atoms with E-state index in [0.717, 1.165) is 6.42 Å². The number of halogens is 3. The Labute approximate surface area is 226 Å². The molecule has 5 rings (SSSR count). The molecule has 0 radical (unpaired) electrons. The summed E-state index contributed by atoms with van der Waals surface area (Å²) in [6, 6.07) is -0.244. The van der Waals surface area contributed by atoms with Crippen LogP contribution < -0.4 is 9.64 Å². The normalized spacial score (nSPS) is 26.3. The predicted molar refractivity (Wildman–Crippen MR) is 139 cm³/mol. The Morgan fingerprint density at radius 1 is 1.14 bits per heavy atom. The van der Waals surface area contributed by atoms with Crippen molar-refractivity contribution in [3.63, 3.8) is 0 Å². The first-order valence-corrected chi connectivity index (χ1v) is 13.5. The topological polar surface area (TPSA) is 78.5 Å². The van der Waals surface area contributed by atoms with Crippen LogP contribution in [0.1, 0.15) is 51.4 Å². The molecule has 0 aromatic carbocycles. The van der Waals surface area contributed by atoms with Crippen LogP contribution in [-0.2, 0) is 4.74 Å². The zero-order chi connectivity index (χ0) is 26.9. The number of rotatable bonds is 2. The summed E-state index contributed by atoms with van der Waals surface area (Å²) in [4.78, 5) is 38.8. The largest absolute Gasteiger partial charge is 0.489 e. The second kappa shape index (κ2) is 9.31. The minimum Gasteiger partial charge on any atom is -0.489 e. The number of likely N-dealkylation sites (tertiary alicyclic amines) is 1. The van der Waals surface area contributed by atoms with Crippen molar-refractivity contribution in [2.24, 2.45) is 0 Å². The number of fused-ring (bicyclic) bond motifs is 2. The van der Waals surface area contributed by atoms with E-state index in [9.17, 15) is 14.0 Å². The fraction of sp³-hybridized carbons (Fsp3) is 0.720. The van der Waals surface area contributed by atoms with Crippen LogP contribution in [0, 0.1) is 0 Å². The van der Waals surface area contributed by atoms with Crippen molar-refractivity contribution in [2.45, 2.75) is 70.4 Å². The number of carbonyl (C=O) groups excluding carboxylic acids is 2. The van der Waals surface area contributed by atoms with E-state index >= 15 is 0 Å². The number of hydrogen-bond donors (Lipinski definition) is 0. The number of alkyl halides is 1. The van der Waals surface area contributed by atoms with E-state index in [1.165, 1.54) is 0 Å². The van der Waals surface area contributed by atoms with Gasteiger partial charge in [-0.1, -0.05) is 23.2 Å². The van der Waals surface area contributed by atoms with E-state index in [1.807, 2.05) is 20.8 Å². The van der Waals surface area contributed by atoms with Gasteiger partial charge in [0.25, 0.3) is 5.91 Å². The van der Waals surface area contributed by atoms with Gasteiger partial charge in [0.15, 0.2) is 10.9 Å². The molecule has 0 aliphatic carbocycles. The van der Waals surface area contributed by atoms with Gasteiger partial charge in [-0.3, -0.25) is 9.69 Å². The number of ether oxygens (including phenoxy) is 2. The van der Waals surface area contributed by atoms with E-state index in [-0.39, 0.29) is 58.2 Å². The Hall–Kier alpha value is -2.04. The third-order valence-corrected chi connectivity index (χ3v) is 8.28. The molecular formula is C25H34Cl2FN5O4. The van der Waals surface area contributed by atoms with Crippen molar-refractivity contribution >= 4 is 41.0 Å². The van der Waals surface area contributed by atoms with Crippen molar-refractivity contribution in [2.75, 3.05) is 50.8 Å². The van der Waals surface area contributed by atoms with Crippen LogP contribution in [0.5, 0.6) is 5.75 Å². The summed E-state index contributed by atoms with van der Waals surface area (Å²) < 4.78 is 25.2. The van der Waals surface area contributed by atoms with Crippen molar-refractivity contribution in [3.05, 3.63) is 15.7 Å². The smallest absolute Gasteiger partial charge is 0.410 e. The lowest BCUT2D eigenvalue weighted by atomic mass is 9.97. The average Bonchev–Trinajstić information content (AvgIpc) is 3.01. The van der Waals surface area contributed by atoms with Crippen molar-refractivity contribution in [1.29, 1.82) is 0 Å². The summed E-state index contributed by atoms with van der Waals surface area (Å²) in [6.07, 6.45) is -0.415. The van der Waals surface area contributed by atoms with Crippen LogP contribution in [0.4, 0.5) is 15.0 Å². The molecule has 0 spiro atoms. The standard InChI is InChI=1S/C25H34Cl2FN5O4/c1-24(2,3)37-23(35)30-6-7-32-16(11-30)13-36-19-17(22(32)34)21(29-20(27)18(19)26)33-12-15(8-25(33,4)5)31-9-14(28)10-31/h14-16H,6-13H2,1-5H3/t15-,16-/m1/s1. The lowest BCUT2D eigenvalue weighted by Crippen LogP contribution is -2.58. The van der Waals surface area contributed by atoms with Gasteiger partial charge >= 0.3 is 6.09 Å². The minimum absolute atomic E-state index is 0.0606. The second-order valence-electron chi connectivity index (χ2n) is 12.0. The van der Waals surface area contributed by atoms with E-state index in [4.69, 9.17) is 32.7 Å². The van der Waals surface area contributed by atoms with Gasteiger partial charge in [-0.2, -0.15) is 0 Å². The molecule has 4 aliphatic rings. The molecule has 0 unspecified atom stereocenters. The number of anilines is 1. The van der Waals surface area contributed by atoms with Gasteiger partial charge in [0.2, 0.25) is 0 Å². The molecule has 0 bridgehead atoms. The molecule has 4 aliphatic heterocycles. The summed E-state index contributed by atoms with van der Waals surface area (Å²) >= 11 is 13.0. The predicted octanol–water partition coefficient (Wildman–Crippen LogP) is 3.85. The number of piperazine rings is 1. The fourth-order valence-electron chi connectivity index (χ4n) is 5.69. The van der Waals surface area contributed by atoms with Crippen LogP contribution >= 0.6 is 23.2 Å². The van der Waals surface area contributed by atoms with Crippen molar-refractivity contribution in [3.8, 4) is 5.75 Å². The average molecular weight is 558 g/mol. The maximum atomic E-state index is 14.0. The zero-order valence-corrected chi connectivity index (χ0v) is 23.4. The maximum absolute atomic E-state index is 14.0. The van der Waals surface area contributed by atoms with E-state index in [0.29, 0.717) is 38.5 Å². The Bertz CT molecular complexity index is 1110. The van der Waals surface area contributed by atoms with E-state index in [1.54, 1.807) is 9.80 Å². The number of nitrogens with zero attached hydrogens (tertiary/aromatic N) is 5. The van der Waals surface area contributed by atoms with Gasteiger partial charge in [0.1, 0.15) is 34.8 Å². The van der Waals surface area contributed by atoms with E-state index < -0.39 is 17.9 Å². The Kier molecular flexibility index (Phi) is 6.68. The number of aromatic nitrogens is 1. The van der Waals surface area contributed by atoms with Crippen LogP contribution in [0.15, 0.2) is 0 Å². The van der Waals surface area contributed by atoms with Crippen LogP contribution in [-0.4, -0.2) is 107 Å². The van der Waals surface area contributed by atoms with Gasteiger partial charge in [0.05, 0.1) is 6.04 Å². The van der Waals surface area contributed by atoms with Crippen molar-refractivity contribution in [1.82, 2.24) is 19.7 Å². The molecule has 2 atom stereocenters. The zero-order valence-electron chi connectivity index (χ0n) is 21.9. The molecule has 12 heteroatoms. The highest BCUT2D eigenvalue weighted by Gasteiger charge is 2.48. The Morgan fingerprint density at radius 2 is 1.84 bits per heavy atom. The summed E-state index contributed by atoms with van der Waals surface area (Å²) in [5.41, 5.74) is -0.693. The van der Waals surface area contributed by atoms with Gasteiger partial charge < -0.3 is 24.2 Å². The molecular weight excluding hydrogens is 524 g/mol. The molecule has 1 aromatic rings. The Balaban J connectivity index is 1.45. The Morgan fingerprint density at radius 3 is 2.49 bits per heavy atom. The van der Waals surface area contributed by atoms with Gasteiger partial charge in [-0.15, -0.1) is 0 Å². The molecule has 1 aromatic heterocycles. The molecule has 3 saturated heterocycles. The lowest BCUT2D eigenvalue weighted by Gasteiger charge is -2.40. The van der Waals surface area contributed by atoms with E-state index in [2.05, 4.69) is 28.6 Å². The number of pyridine rings is 1. The van der Waals surface area contributed by atoms with Gasteiger partial charge in [-0.05, 0) is 41.0 Å². The third kappa shape index (κ3) is 4.92. The quantitative estimate of drug-likeness (QED) is 0.511. The minimum atomic E-state index is -0.789. The van der Waals surface area contributed by atoms with Crippen LogP contribution in [0.3, 0.4) is 0 Å². The first-order valence-electron chi connectivity index (χ1n) is 12.7. The lowest BCUT2D eigenvalue weighted by molar-refractivity contribution is 0.000951. The number of carbonyl (C=O) groups is 2. The summed E-state index contributed by atoms with van der Waals surface area (Å²) in [6.45, 7) is 12.1. The number of hydrogen-bond acceptors (Lipinski definition) is 7. The SMILES string of the molecule is CC(C)(C)OC(=O)N1CCN2C(=O)c3c(N4C[C@H](N5CC(F)C5)CC4(C)C)nc(Cl)c(Cl)c3OC[C@H]2C1. The molecule has 37 heavy (non-hydrogen) atoms. The third-order valence-electron chi connectivity index (χ3n) is 7.56. The van der Waals surface area contributed by atoms with Crippen LogP contribution in [0.2, 0.25) is 10.2 Å². The monoisotopic (exact) mass is 557 g/mol. The fourth-order valence-corrected chi connectivity index (χ4v) is 6.05. The number of amides is 2. The molecule has 0 N–H and O–H groups in total. The summed E-state index contributed by atoms with van der Waals surface area (Å²) in [7, 11) is 0. The van der Waals surface area contributed by atoms with Gasteiger partial charge in [-0.25, -0.2) is 14.2 Å². The van der Waals surface area contributed by atoms with Crippen LogP contribution in [0.25, 0.3) is 0 Å². The first kappa shape index (κ1) is 26.6. The molecule has 204 valence electrons. The molecule has 0 saturated carbocycles. The summed E-state index contributed by atoms with van der Waals surface area (Å²) in [5.74, 6) is 0.385. The molecule has 5 heterocycles. The second-order valence-corrected chi connectivity index (χ2v) is 12.7. The molecule has 2 amide bonds. The highest BCUT2D eigenvalue weighted by Crippen LogP contribution is 2.46. The highest BCUT2D eigenvalue weighted by atomic mass is 35.5. The highest BCUT2D eigenvalue weighted by molar-refractivity contribution is 6.42. The summed E-state index contributed by atoms with van der Waals surface area (Å²) in [5, 5.41) is 0.152. The van der Waals surface area contributed by atoms with Gasteiger partial charge in [0, 0.05) is 50.8 Å². The van der Waals surface area contributed by atoms with Crippen molar-refractivity contribution < 1.29 is 23.5 Å².